The van der Waals surface area contributed by atoms with Crippen LogP contribution in [-0.4, -0.2) is 9.13 Å². The quantitative estimate of drug-likeness (QED) is 0.718. The first kappa shape index (κ1) is 16.9. The Bertz CT molecular complexity index is 1150. The van der Waals surface area contributed by atoms with E-state index in [1.54, 1.807) is 10.6 Å². The van der Waals surface area contributed by atoms with E-state index in [1.807, 2.05) is 54.6 Å². The molecule has 27 heavy (non-hydrogen) atoms. The van der Waals surface area contributed by atoms with E-state index in [9.17, 15) is 14.9 Å². The van der Waals surface area contributed by atoms with Crippen LogP contribution in [0.2, 0.25) is 0 Å². The van der Waals surface area contributed by atoms with Crippen molar-refractivity contribution >= 4 is 0 Å². The average Bonchev–Trinajstić information content (AvgIpc) is 3.17. The molecule has 3 aromatic rings. The summed E-state index contributed by atoms with van der Waals surface area (Å²) in [7, 11) is 0. The minimum absolute atomic E-state index is 0.0512. The van der Waals surface area contributed by atoms with Crippen LogP contribution in [0.3, 0.4) is 0 Å². The van der Waals surface area contributed by atoms with Crippen LogP contribution in [0.15, 0.2) is 64.2 Å². The molecule has 0 fully saturated rings. The fourth-order valence-electron chi connectivity index (χ4n) is 3.41. The Morgan fingerprint density at radius 2 is 1.78 bits per heavy atom. The summed E-state index contributed by atoms with van der Waals surface area (Å²) >= 11 is 0. The standard InChI is InChI=1S/C21H17N3O3/c22-13-17-18-10-6-12-23(18)21(26)24(20(17)25)14-15-7-4-5-11-19(15)27-16-8-2-1-3-9-16/h1-5,7-9,11H,6,10,12,14H2. The minimum atomic E-state index is -0.537. The lowest BCUT2D eigenvalue weighted by atomic mass is 10.1. The van der Waals surface area contributed by atoms with E-state index in [-0.39, 0.29) is 17.8 Å². The van der Waals surface area contributed by atoms with Crippen LogP contribution in [-0.2, 0) is 19.5 Å². The molecule has 0 spiro atoms. The smallest absolute Gasteiger partial charge is 0.331 e. The van der Waals surface area contributed by atoms with Gasteiger partial charge in [0.05, 0.1) is 6.54 Å². The van der Waals surface area contributed by atoms with E-state index >= 15 is 0 Å². The highest BCUT2D eigenvalue weighted by molar-refractivity contribution is 5.39. The molecule has 1 aliphatic heterocycles. The van der Waals surface area contributed by atoms with Gasteiger partial charge in [0.15, 0.2) is 0 Å². The lowest BCUT2D eigenvalue weighted by molar-refractivity contribution is 0.471. The van der Waals surface area contributed by atoms with Crippen molar-refractivity contribution < 1.29 is 4.74 Å². The maximum absolute atomic E-state index is 12.8. The monoisotopic (exact) mass is 359 g/mol. The zero-order chi connectivity index (χ0) is 18.8. The molecule has 4 rings (SSSR count). The maximum atomic E-state index is 12.8. The van der Waals surface area contributed by atoms with Gasteiger partial charge < -0.3 is 4.74 Å². The van der Waals surface area contributed by atoms with Crippen LogP contribution >= 0.6 is 0 Å². The van der Waals surface area contributed by atoms with Gasteiger partial charge >= 0.3 is 5.69 Å². The van der Waals surface area contributed by atoms with Crippen molar-refractivity contribution in [1.29, 1.82) is 5.26 Å². The van der Waals surface area contributed by atoms with Gasteiger partial charge in [-0.25, -0.2) is 4.79 Å². The lowest BCUT2D eigenvalue weighted by Crippen LogP contribution is -2.42. The van der Waals surface area contributed by atoms with Crippen LogP contribution < -0.4 is 16.0 Å². The molecule has 0 atom stereocenters. The Hall–Kier alpha value is -3.59. The van der Waals surface area contributed by atoms with Crippen molar-refractivity contribution in [3.05, 3.63) is 92.3 Å². The number of nitrogens with zero attached hydrogens (tertiary/aromatic N) is 3. The Morgan fingerprint density at radius 3 is 2.56 bits per heavy atom. The highest BCUT2D eigenvalue weighted by Gasteiger charge is 2.23. The third-order valence-corrected chi connectivity index (χ3v) is 4.71. The van der Waals surface area contributed by atoms with Crippen molar-refractivity contribution in [3.63, 3.8) is 0 Å². The fraction of sp³-hybridized carbons (Fsp3) is 0.190. The molecule has 0 saturated heterocycles. The normalized spacial score (nSPS) is 12.4. The number of aromatic nitrogens is 2. The Labute approximate surface area is 155 Å². The number of ether oxygens (including phenoxy) is 1. The predicted molar refractivity (Wildman–Crippen MR) is 100 cm³/mol. The molecule has 0 aliphatic carbocycles. The largest absolute Gasteiger partial charge is 0.457 e. The number of hydrogen-bond donors (Lipinski definition) is 0. The van der Waals surface area contributed by atoms with Gasteiger partial charge in [0, 0.05) is 17.8 Å². The van der Waals surface area contributed by atoms with Crippen molar-refractivity contribution in [2.75, 3.05) is 0 Å². The molecule has 2 aromatic carbocycles. The SMILES string of the molecule is N#Cc1c2n(c(=O)n(Cc3ccccc3Oc3ccccc3)c1=O)CCC2. The summed E-state index contributed by atoms with van der Waals surface area (Å²) in [5.41, 5.74) is 0.403. The van der Waals surface area contributed by atoms with Crippen LogP contribution in [0.4, 0.5) is 0 Å². The molecule has 2 heterocycles. The summed E-state index contributed by atoms with van der Waals surface area (Å²) < 4.78 is 8.59. The average molecular weight is 359 g/mol. The van der Waals surface area contributed by atoms with Crippen LogP contribution in [0.5, 0.6) is 11.5 Å². The summed E-state index contributed by atoms with van der Waals surface area (Å²) in [6, 6.07) is 18.6. The van der Waals surface area contributed by atoms with Crippen LogP contribution in [0.25, 0.3) is 0 Å². The highest BCUT2D eigenvalue weighted by Crippen LogP contribution is 2.25. The van der Waals surface area contributed by atoms with Gasteiger partial charge in [0.1, 0.15) is 23.1 Å². The zero-order valence-electron chi connectivity index (χ0n) is 14.6. The second-order valence-electron chi connectivity index (χ2n) is 6.39. The van der Waals surface area contributed by atoms with Crippen LogP contribution in [0.1, 0.15) is 23.2 Å². The first-order chi connectivity index (χ1) is 13.2. The third kappa shape index (κ3) is 3.04. The Morgan fingerprint density at radius 1 is 1.04 bits per heavy atom. The molecular weight excluding hydrogens is 342 g/mol. The molecule has 0 N–H and O–H groups in total. The van der Waals surface area contributed by atoms with Gasteiger partial charge in [0.25, 0.3) is 5.56 Å². The van der Waals surface area contributed by atoms with Gasteiger partial charge in [-0.2, -0.15) is 5.26 Å². The molecule has 0 saturated carbocycles. The summed E-state index contributed by atoms with van der Waals surface area (Å²) in [6.07, 6.45) is 1.35. The van der Waals surface area contributed by atoms with Gasteiger partial charge in [-0.1, -0.05) is 36.4 Å². The zero-order valence-corrected chi connectivity index (χ0v) is 14.6. The first-order valence-electron chi connectivity index (χ1n) is 8.76. The molecule has 1 aliphatic rings. The van der Waals surface area contributed by atoms with E-state index in [0.717, 1.165) is 11.0 Å². The molecule has 0 unspecified atom stereocenters. The molecular formula is C21H17N3O3. The number of fused-ring (bicyclic) bond motifs is 1. The second kappa shape index (κ2) is 6.96. The topological polar surface area (TPSA) is 77.0 Å². The van der Waals surface area contributed by atoms with Crippen molar-refractivity contribution in [1.82, 2.24) is 9.13 Å². The molecule has 0 bridgehead atoms. The number of rotatable bonds is 4. The van der Waals surface area contributed by atoms with E-state index in [4.69, 9.17) is 4.74 Å². The number of benzene rings is 2. The highest BCUT2D eigenvalue weighted by atomic mass is 16.5. The van der Waals surface area contributed by atoms with Crippen molar-refractivity contribution in [2.45, 2.75) is 25.9 Å². The molecule has 134 valence electrons. The summed E-state index contributed by atoms with van der Waals surface area (Å²) in [5, 5.41) is 9.41. The molecule has 1 aromatic heterocycles. The minimum Gasteiger partial charge on any atom is -0.457 e. The number of nitriles is 1. The first-order valence-corrected chi connectivity index (χ1v) is 8.76. The van der Waals surface area contributed by atoms with E-state index in [2.05, 4.69) is 0 Å². The summed E-state index contributed by atoms with van der Waals surface area (Å²) in [5.74, 6) is 1.24. The lowest BCUT2D eigenvalue weighted by Gasteiger charge is -2.14. The number of hydrogen-bond acceptors (Lipinski definition) is 4. The van der Waals surface area contributed by atoms with Gasteiger partial charge in [-0.3, -0.25) is 13.9 Å². The third-order valence-electron chi connectivity index (χ3n) is 4.71. The summed E-state index contributed by atoms with van der Waals surface area (Å²) in [6.45, 7) is 0.584. The molecule has 6 heteroatoms. The molecule has 0 radical (unpaired) electrons. The van der Waals surface area contributed by atoms with Crippen molar-refractivity contribution in [2.24, 2.45) is 0 Å². The van der Waals surface area contributed by atoms with Gasteiger partial charge in [-0.15, -0.1) is 0 Å². The number of para-hydroxylation sites is 2. The maximum Gasteiger partial charge on any atom is 0.331 e. The predicted octanol–water partition coefficient (Wildman–Crippen LogP) is 2.67. The van der Waals surface area contributed by atoms with Crippen molar-refractivity contribution in [3.8, 4) is 17.6 Å². The van der Waals surface area contributed by atoms with Gasteiger partial charge in [0.2, 0.25) is 0 Å². The van der Waals surface area contributed by atoms with Crippen LogP contribution in [0, 0.1) is 11.3 Å². The van der Waals surface area contributed by atoms with E-state index < -0.39 is 5.56 Å². The van der Waals surface area contributed by atoms with E-state index in [1.165, 1.54) is 0 Å². The Balaban J connectivity index is 1.78. The summed E-state index contributed by atoms with van der Waals surface area (Å²) in [4.78, 5) is 25.5. The molecule has 6 nitrogen and oxygen atoms in total. The van der Waals surface area contributed by atoms with Gasteiger partial charge in [-0.05, 0) is 31.0 Å². The second-order valence-corrected chi connectivity index (χ2v) is 6.39. The fourth-order valence-corrected chi connectivity index (χ4v) is 3.41. The van der Waals surface area contributed by atoms with E-state index in [0.29, 0.717) is 35.7 Å². The Kier molecular flexibility index (Phi) is 4.35. The molecule has 0 amide bonds.